The summed E-state index contributed by atoms with van der Waals surface area (Å²) >= 11 is 0. The molecule has 0 amide bonds. The quantitative estimate of drug-likeness (QED) is 0.279. The number of nitrogens with zero attached hydrogens (tertiary/aromatic N) is 3. The Kier molecular flexibility index (Phi) is 5.71. The third-order valence-electron chi connectivity index (χ3n) is 6.49. The van der Waals surface area contributed by atoms with E-state index in [2.05, 4.69) is 39.2 Å². The summed E-state index contributed by atoms with van der Waals surface area (Å²) in [4.78, 5) is 25.4. The molecular formula is C32H21N3O2. The average molecular weight is 480 g/mol. The molecule has 6 rings (SSSR count). The molecule has 6 aromatic rings. The minimum atomic E-state index is -1.01. The average Bonchev–Trinajstić information content (AvgIpc) is 2.97. The standard InChI is InChI=1S/C32H21N3O2/c36-32(37)30-29(24-13-9-22(10-14-24)26-5-2-16-34-20-26)18-28(27-6-3-17-35-31(27)30)23-11-7-21(8-12-23)25-4-1-15-33-19-25/h1-20H,(H,36,37). The van der Waals surface area contributed by atoms with Crippen LogP contribution in [0.4, 0.5) is 0 Å². The largest absolute Gasteiger partial charge is 0.478 e. The van der Waals surface area contributed by atoms with Gasteiger partial charge in [0.1, 0.15) is 0 Å². The first-order valence-corrected chi connectivity index (χ1v) is 11.9. The molecule has 3 heterocycles. The third-order valence-corrected chi connectivity index (χ3v) is 6.49. The van der Waals surface area contributed by atoms with Crippen LogP contribution >= 0.6 is 0 Å². The number of carbonyl (C=O) groups is 1. The van der Waals surface area contributed by atoms with Crippen LogP contribution < -0.4 is 0 Å². The predicted octanol–water partition coefficient (Wildman–Crippen LogP) is 7.39. The highest BCUT2D eigenvalue weighted by atomic mass is 16.4. The van der Waals surface area contributed by atoms with Gasteiger partial charge in [-0.05, 0) is 68.8 Å². The van der Waals surface area contributed by atoms with Gasteiger partial charge < -0.3 is 5.11 Å². The summed E-state index contributed by atoms with van der Waals surface area (Å²) < 4.78 is 0. The molecule has 0 fully saturated rings. The fourth-order valence-corrected chi connectivity index (χ4v) is 4.68. The molecule has 0 saturated heterocycles. The van der Waals surface area contributed by atoms with Gasteiger partial charge in [-0.15, -0.1) is 0 Å². The van der Waals surface area contributed by atoms with E-state index in [0.29, 0.717) is 11.1 Å². The summed E-state index contributed by atoms with van der Waals surface area (Å²) in [6, 6.07) is 29.7. The second-order valence-electron chi connectivity index (χ2n) is 8.69. The number of carboxylic acid groups (broad SMARTS) is 1. The zero-order valence-electron chi connectivity index (χ0n) is 19.7. The van der Waals surface area contributed by atoms with Gasteiger partial charge in [-0.3, -0.25) is 15.0 Å². The van der Waals surface area contributed by atoms with Gasteiger partial charge in [0.25, 0.3) is 0 Å². The number of carboxylic acids is 1. The number of benzene rings is 3. The van der Waals surface area contributed by atoms with E-state index in [9.17, 15) is 9.90 Å². The monoisotopic (exact) mass is 479 g/mol. The lowest BCUT2D eigenvalue weighted by molar-refractivity contribution is 0.0699. The molecule has 3 aromatic heterocycles. The molecule has 0 saturated carbocycles. The van der Waals surface area contributed by atoms with Crippen LogP contribution in [-0.4, -0.2) is 26.0 Å². The van der Waals surface area contributed by atoms with E-state index in [1.165, 1.54) is 0 Å². The molecule has 0 radical (unpaired) electrons. The van der Waals surface area contributed by atoms with Crippen LogP contribution in [0.15, 0.2) is 122 Å². The zero-order valence-corrected chi connectivity index (χ0v) is 19.7. The van der Waals surface area contributed by atoms with E-state index in [0.717, 1.165) is 44.3 Å². The van der Waals surface area contributed by atoms with Gasteiger partial charge in [0.15, 0.2) is 0 Å². The molecule has 1 N–H and O–H groups in total. The Balaban J connectivity index is 1.51. The van der Waals surface area contributed by atoms with Gasteiger partial charge in [0.05, 0.1) is 11.1 Å². The zero-order chi connectivity index (χ0) is 25.2. The molecule has 0 unspecified atom stereocenters. The van der Waals surface area contributed by atoms with Crippen LogP contribution in [0.2, 0.25) is 0 Å². The van der Waals surface area contributed by atoms with Crippen molar-refractivity contribution in [3.8, 4) is 44.5 Å². The van der Waals surface area contributed by atoms with Crippen molar-refractivity contribution in [3.63, 3.8) is 0 Å². The van der Waals surface area contributed by atoms with Crippen molar-refractivity contribution in [2.75, 3.05) is 0 Å². The summed E-state index contributed by atoms with van der Waals surface area (Å²) in [7, 11) is 0. The molecule has 0 bridgehead atoms. The first-order valence-electron chi connectivity index (χ1n) is 11.9. The number of pyridine rings is 3. The van der Waals surface area contributed by atoms with E-state index < -0.39 is 5.97 Å². The normalized spacial score (nSPS) is 10.9. The second-order valence-corrected chi connectivity index (χ2v) is 8.69. The van der Waals surface area contributed by atoms with Gasteiger partial charge >= 0.3 is 5.97 Å². The first kappa shape index (κ1) is 22.3. The first-order chi connectivity index (χ1) is 18.2. The van der Waals surface area contributed by atoms with E-state index in [1.807, 2.05) is 79.1 Å². The topological polar surface area (TPSA) is 76.0 Å². The molecule has 5 nitrogen and oxygen atoms in total. The van der Waals surface area contributed by atoms with Crippen LogP contribution in [0.3, 0.4) is 0 Å². The van der Waals surface area contributed by atoms with Gasteiger partial charge in [0, 0.05) is 36.4 Å². The van der Waals surface area contributed by atoms with Crippen molar-refractivity contribution >= 4 is 16.9 Å². The van der Waals surface area contributed by atoms with Crippen molar-refractivity contribution in [2.24, 2.45) is 0 Å². The van der Waals surface area contributed by atoms with Crippen molar-refractivity contribution in [1.82, 2.24) is 15.0 Å². The molecule has 5 heteroatoms. The summed E-state index contributed by atoms with van der Waals surface area (Å²) in [5.74, 6) is -1.01. The lowest BCUT2D eigenvalue weighted by Crippen LogP contribution is -2.03. The molecule has 37 heavy (non-hydrogen) atoms. The van der Waals surface area contributed by atoms with Crippen LogP contribution in [0.5, 0.6) is 0 Å². The summed E-state index contributed by atoms with van der Waals surface area (Å²) in [6.45, 7) is 0. The van der Waals surface area contributed by atoms with Crippen LogP contribution in [0.25, 0.3) is 55.4 Å². The van der Waals surface area contributed by atoms with E-state index in [4.69, 9.17) is 0 Å². The Morgan fingerprint density at radius 2 is 1.08 bits per heavy atom. The van der Waals surface area contributed by atoms with Crippen molar-refractivity contribution in [1.29, 1.82) is 0 Å². The van der Waals surface area contributed by atoms with Crippen LogP contribution in [0, 0.1) is 0 Å². The maximum atomic E-state index is 12.5. The highest BCUT2D eigenvalue weighted by Gasteiger charge is 2.20. The lowest BCUT2D eigenvalue weighted by atomic mass is 9.89. The molecule has 0 atom stereocenters. The second kappa shape index (κ2) is 9.47. The van der Waals surface area contributed by atoms with Crippen molar-refractivity contribution in [3.05, 3.63) is 128 Å². The summed E-state index contributed by atoms with van der Waals surface area (Å²) in [6.07, 6.45) is 8.78. The van der Waals surface area contributed by atoms with Crippen LogP contribution in [0.1, 0.15) is 10.4 Å². The summed E-state index contributed by atoms with van der Waals surface area (Å²) in [5.41, 5.74) is 8.13. The SMILES string of the molecule is O=C(O)c1c(-c2ccc(-c3cccnc3)cc2)cc(-c2ccc(-c3cccnc3)cc2)c2cccnc12. The van der Waals surface area contributed by atoms with E-state index >= 15 is 0 Å². The lowest BCUT2D eigenvalue weighted by Gasteiger charge is -2.15. The smallest absolute Gasteiger partial charge is 0.338 e. The number of aromatic nitrogens is 3. The van der Waals surface area contributed by atoms with Gasteiger partial charge in [-0.1, -0.05) is 66.7 Å². The maximum absolute atomic E-state index is 12.5. The Morgan fingerprint density at radius 1 is 0.568 bits per heavy atom. The fourth-order valence-electron chi connectivity index (χ4n) is 4.68. The highest BCUT2D eigenvalue weighted by Crippen LogP contribution is 2.38. The Morgan fingerprint density at radius 3 is 1.59 bits per heavy atom. The minimum absolute atomic E-state index is 0.195. The molecular weight excluding hydrogens is 458 g/mol. The number of hydrogen-bond donors (Lipinski definition) is 1. The van der Waals surface area contributed by atoms with Gasteiger partial charge in [-0.25, -0.2) is 4.79 Å². The molecule has 176 valence electrons. The minimum Gasteiger partial charge on any atom is -0.478 e. The molecule has 0 aliphatic rings. The molecule has 0 spiro atoms. The summed E-state index contributed by atoms with van der Waals surface area (Å²) in [5, 5.41) is 11.0. The third kappa shape index (κ3) is 4.23. The molecule has 3 aromatic carbocycles. The highest BCUT2D eigenvalue weighted by molar-refractivity contribution is 6.12. The Hall–Kier alpha value is -5.16. The number of aromatic carboxylic acids is 1. The van der Waals surface area contributed by atoms with Gasteiger partial charge in [0.2, 0.25) is 0 Å². The molecule has 0 aliphatic heterocycles. The predicted molar refractivity (Wildman–Crippen MR) is 146 cm³/mol. The number of fused-ring (bicyclic) bond motifs is 1. The van der Waals surface area contributed by atoms with E-state index in [1.54, 1.807) is 18.6 Å². The number of rotatable bonds is 5. The molecule has 0 aliphatic carbocycles. The van der Waals surface area contributed by atoms with Gasteiger partial charge in [-0.2, -0.15) is 0 Å². The maximum Gasteiger partial charge on any atom is 0.338 e. The number of hydrogen-bond acceptors (Lipinski definition) is 4. The van der Waals surface area contributed by atoms with E-state index in [-0.39, 0.29) is 5.56 Å². The fraction of sp³-hybridized carbons (Fsp3) is 0. The van der Waals surface area contributed by atoms with Crippen molar-refractivity contribution < 1.29 is 9.90 Å². The Labute approximate surface area is 213 Å². The van der Waals surface area contributed by atoms with Crippen molar-refractivity contribution in [2.45, 2.75) is 0 Å². The Bertz CT molecular complexity index is 1720. The van der Waals surface area contributed by atoms with Crippen LogP contribution in [-0.2, 0) is 0 Å².